The molecular weight excluding hydrogens is 913 g/mol. The molecule has 11 rings (SSSR count). The number of nitrogens with two attached hydrogens (primary N) is 1. The van der Waals surface area contributed by atoms with E-state index in [4.69, 9.17) is 5.73 Å². The van der Waals surface area contributed by atoms with Crippen LogP contribution >= 0.6 is 0 Å². The first-order valence-corrected chi connectivity index (χ1v) is 22.6. The molecule has 9 aromatic rings. The van der Waals surface area contributed by atoms with Crippen LogP contribution in [0.25, 0.3) is 77.6 Å². The van der Waals surface area contributed by atoms with E-state index >= 15 is 0 Å². The van der Waals surface area contributed by atoms with Crippen LogP contribution in [0.2, 0.25) is 0 Å². The zero-order chi connectivity index (χ0) is 48.3. The molecule has 0 spiro atoms. The highest BCUT2D eigenvalue weighted by atomic mass is 19.4. The van der Waals surface area contributed by atoms with Gasteiger partial charge in [0.1, 0.15) is 11.1 Å². The molecule has 7 heterocycles. The Balaban J connectivity index is 0.868. The van der Waals surface area contributed by atoms with Crippen molar-refractivity contribution in [3.05, 3.63) is 127 Å². The fourth-order valence-electron chi connectivity index (χ4n) is 10.1. The second-order valence-corrected chi connectivity index (χ2v) is 17.7. The molecule has 0 saturated carbocycles. The Kier molecular flexibility index (Phi) is 11.2. The fraction of sp³-hybridized carbons (Fsp3) is 0.240. The standard InChI is InChI=1S/C50H43F6N13O/c51-49(52,53)36-20-62-47(68-44(36)34-18-60-39-15-26(4-7-30(34)39)25-2-1-3-29(14-25)46(57)70)66-42-22-58-12-10-32(42)33-11-13-59-23-43(33)67-48-63-21-37(50(54,55)56)45(69-48)35-19-61-40-16-27(5-8-31(35)40)28-6-9-38-41(17-28)65-24-64-38/h1-9,14-21,24,32-33,42-43,58-61H,10-13,22-23H2,(H2,57,70)(H,64,65)(H,62,66,68)(H,63,67,69)/t32?,33?,42-,43-/m1/s1. The highest BCUT2D eigenvalue weighted by Gasteiger charge is 2.41. The van der Waals surface area contributed by atoms with Crippen molar-refractivity contribution >= 4 is 50.6 Å². The molecule has 2 aliphatic rings. The minimum absolute atomic E-state index is 0.00897. The number of piperidine rings is 2. The van der Waals surface area contributed by atoms with E-state index in [1.807, 2.05) is 36.4 Å². The third kappa shape index (κ3) is 8.52. The lowest BCUT2D eigenvalue weighted by Gasteiger charge is -2.43. The van der Waals surface area contributed by atoms with Gasteiger partial charge in [0.15, 0.2) is 0 Å². The van der Waals surface area contributed by atoms with Gasteiger partial charge in [-0.2, -0.15) is 26.3 Å². The summed E-state index contributed by atoms with van der Waals surface area (Å²) < 4.78 is 88.0. The quantitative estimate of drug-likeness (QED) is 0.0611. The molecule has 2 unspecified atom stereocenters. The van der Waals surface area contributed by atoms with Crippen molar-refractivity contribution in [1.82, 2.24) is 50.5 Å². The Morgan fingerprint density at radius 2 is 1.11 bits per heavy atom. The predicted molar refractivity (Wildman–Crippen MR) is 254 cm³/mol. The lowest BCUT2D eigenvalue weighted by Crippen LogP contribution is -2.55. The van der Waals surface area contributed by atoms with Gasteiger partial charge in [-0.05, 0) is 96.4 Å². The summed E-state index contributed by atoms with van der Waals surface area (Å²) in [5.41, 5.74) is 9.78. The summed E-state index contributed by atoms with van der Waals surface area (Å²) in [6.07, 6.45) is -1.91. The number of nitrogens with zero attached hydrogens (tertiary/aromatic N) is 5. The van der Waals surface area contributed by atoms with E-state index in [1.165, 1.54) is 12.4 Å². The van der Waals surface area contributed by atoms with Crippen LogP contribution in [-0.2, 0) is 12.4 Å². The van der Waals surface area contributed by atoms with Crippen molar-refractivity contribution < 1.29 is 31.1 Å². The molecule has 5 aromatic heterocycles. The average molecular weight is 956 g/mol. The van der Waals surface area contributed by atoms with Gasteiger partial charge in [0.2, 0.25) is 17.8 Å². The highest BCUT2D eigenvalue weighted by Crippen LogP contribution is 2.42. The topological polar surface area (TPSA) is 203 Å². The highest BCUT2D eigenvalue weighted by molar-refractivity contribution is 5.99. The monoisotopic (exact) mass is 955 g/mol. The summed E-state index contributed by atoms with van der Waals surface area (Å²) in [5.74, 6) is -0.683. The van der Waals surface area contributed by atoms with E-state index in [0.29, 0.717) is 72.0 Å². The first-order chi connectivity index (χ1) is 33.7. The molecule has 2 fully saturated rings. The molecule has 70 heavy (non-hydrogen) atoms. The lowest BCUT2D eigenvalue weighted by atomic mass is 9.74. The molecule has 2 aliphatic heterocycles. The Morgan fingerprint density at radius 3 is 1.64 bits per heavy atom. The van der Waals surface area contributed by atoms with Crippen molar-refractivity contribution in [2.24, 2.45) is 17.6 Å². The number of imidazole rings is 1. The molecule has 0 radical (unpaired) electrons. The third-order valence-electron chi connectivity index (χ3n) is 13.5. The van der Waals surface area contributed by atoms with Crippen LogP contribution in [0.5, 0.6) is 0 Å². The number of hydrogen-bond donors (Lipinski definition) is 8. The number of aromatic amines is 3. The average Bonchev–Trinajstić information content (AvgIpc) is 4.12. The SMILES string of the molecule is NC(=O)c1cccc(-c2ccc3c(-c4nc(N[C@@H]5CNCCC5C5CCNC[C@H]5Nc5ncc(C(F)(F)F)c(-c6c[nH]c7cc(-c8ccc9[nH]cnc9c8)ccc67)n5)ncc4C(F)(F)F)c[nH]c3c2)c1. The summed E-state index contributed by atoms with van der Waals surface area (Å²) in [6.45, 7) is 2.25. The van der Waals surface area contributed by atoms with E-state index in [0.717, 1.165) is 40.1 Å². The molecule has 0 bridgehead atoms. The van der Waals surface area contributed by atoms with E-state index in [-0.39, 0.29) is 58.3 Å². The molecule has 14 nitrogen and oxygen atoms in total. The van der Waals surface area contributed by atoms with Gasteiger partial charge in [0.25, 0.3) is 0 Å². The van der Waals surface area contributed by atoms with Crippen LogP contribution in [0.1, 0.15) is 34.3 Å². The number of carbonyl (C=O) groups is 1. The van der Waals surface area contributed by atoms with Crippen molar-refractivity contribution in [1.29, 1.82) is 0 Å². The Bertz CT molecular complexity index is 3430. The fourth-order valence-corrected chi connectivity index (χ4v) is 10.1. The molecule has 20 heteroatoms. The number of hydrogen-bond acceptors (Lipinski definition) is 10. The molecule has 4 atom stereocenters. The summed E-state index contributed by atoms with van der Waals surface area (Å²) in [4.78, 5) is 42.9. The molecule has 2 saturated heterocycles. The second-order valence-electron chi connectivity index (χ2n) is 17.7. The number of benzene rings is 4. The predicted octanol–water partition coefficient (Wildman–Crippen LogP) is 9.39. The van der Waals surface area contributed by atoms with Gasteiger partial charge in [-0.3, -0.25) is 4.79 Å². The summed E-state index contributed by atoms with van der Waals surface area (Å²) >= 11 is 0. The lowest BCUT2D eigenvalue weighted by molar-refractivity contribution is -0.138. The Morgan fingerprint density at radius 1 is 0.600 bits per heavy atom. The van der Waals surface area contributed by atoms with Crippen LogP contribution in [0.15, 0.2) is 110 Å². The van der Waals surface area contributed by atoms with Crippen molar-refractivity contribution in [2.45, 2.75) is 37.3 Å². The van der Waals surface area contributed by atoms with E-state index in [9.17, 15) is 31.1 Å². The first-order valence-electron chi connectivity index (χ1n) is 22.6. The minimum Gasteiger partial charge on any atom is -0.366 e. The van der Waals surface area contributed by atoms with Gasteiger partial charge in [0, 0.05) is 88.5 Å². The van der Waals surface area contributed by atoms with Crippen LogP contribution < -0.4 is 27.0 Å². The van der Waals surface area contributed by atoms with Gasteiger partial charge < -0.3 is 42.0 Å². The van der Waals surface area contributed by atoms with Gasteiger partial charge in [0.05, 0.1) is 28.7 Å². The number of amides is 1. The second kappa shape index (κ2) is 17.6. The molecule has 9 N–H and O–H groups in total. The molecule has 1 amide bonds. The maximum Gasteiger partial charge on any atom is 0.419 e. The third-order valence-corrected chi connectivity index (χ3v) is 13.5. The van der Waals surface area contributed by atoms with Crippen LogP contribution in [0, 0.1) is 11.8 Å². The summed E-state index contributed by atoms with van der Waals surface area (Å²) in [5, 5.41) is 14.6. The van der Waals surface area contributed by atoms with Gasteiger partial charge in [-0.1, -0.05) is 42.5 Å². The summed E-state index contributed by atoms with van der Waals surface area (Å²) in [7, 11) is 0. The number of halogens is 6. The normalized spacial score (nSPS) is 18.9. The number of aromatic nitrogens is 8. The van der Waals surface area contributed by atoms with E-state index in [1.54, 1.807) is 48.8 Å². The van der Waals surface area contributed by atoms with Gasteiger partial charge >= 0.3 is 12.4 Å². The maximum absolute atomic E-state index is 14.7. The number of nitrogens with one attached hydrogen (secondary N) is 7. The Labute approximate surface area is 394 Å². The van der Waals surface area contributed by atoms with Crippen LogP contribution in [-0.4, -0.2) is 84.0 Å². The first kappa shape index (κ1) is 44.7. The van der Waals surface area contributed by atoms with Crippen molar-refractivity contribution in [2.75, 3.05) is 36.8 Å². The largest absolute Gasteiger partial charge is 0.419 e. The van der Waals surface area contributed by atoms with Crippen molar-refractivity contribution in [3.63, 3.8) is 0 Å². The number of anilines is 2. The number of H-pyrrole nitrogens is 3. The zero-order valence-electron chi connectivity index (χ0n) is 36.9. The zero-order valence-corrected chi connectivity index (χ0v) is 36.9. The molecule has 4 aromatic carbocycles. The number of primary amides is 1. The van der Waals surface area contributed by atoms with E-state index < -0.39 is 29.4 Å². The van der Waals surface area contributed by atoms with E-state index in [2.05, 4.69) is 61.1 Å². The van der Waals surface area contributed by atoms with Crippen LogP contribution in [0.3, 0.4) is 0 Å². The maximum atomic E-state index is 14.7. The van der Waals surface area contributed by atoms with Crippen LogP contribution in [0.4, 0.5) is 38.2 Å². The summed E-state index contributed by atoms with van der Waals surface area (Å²) in [6, 6.07) is 22.7. The van der Waals surface area contributed by atoms with Gasteiger partial charge in [-0.25, -0.2) is 24.9 Å². The number of alkyl halides is 6. The number of carbonyl (C=O) groups excluding carboxylic acids is 1. The molecular formula is C50H43F6N13O. The Hall–Kier alpha value is -7.84. The number of rotatable bonds is 10. The number of fused-ring (bicyclic) bond motifs is 3. The van der Waals surface area contributed by atoms with Gasteiger partial charge in [-0.15, -0.1) is 0 Å². The van der Waals surface area contributed by atoms with Crippen molar-refractivity contribution in [3.8, 4) is 44.8 Å². The minimum atomic E-state index is -4.77. The molecule has 0 aliphatic carbocycles. The smallest absolute Gasteiger partial charge is 0.366 e. The molecule has 356 valence electrons.